The number of hydrogen-bond donors (Lipinski definition) is 0. The first-order valence-electron chi connectivity index (χ1n) is 6.30. The fourth-order valence-corrected chi connectivity index (χ4v) is 2.74. The lowest BCUT2D eigenvalue weighted by atomic mass is 9.72. The molecule has 0 aromatic heterocycles. The van der Waals surface area contributed by atoms with Crippen LogP contribution in [0.3, 0.4) is 0 Å². The van der Waals surface area contributed by atoms with E-state index >= 15 is 0 Å². The maximum atomic E-state index is 11.7. The van der Waals surface area contributed by atoms with Crippen LogP contribution in [0, 0.1) is 29.1 Å². The van der Waals surface area contributed by atoms with Gasteiger partial charge in [0.25, 0.3) is 0 Å². The summed E-state index contributed by atoms with van der Waals surface area (Å²) >= 11 is 0. The zero-order valence-electron chi connectivity index (χ0n) is 10.2. The van der Waals surface area contributed by atoms with Crippen molar-refractivity contribution in [2.24, 2.45) is 17.8 Å². The third-order valence-corrected chi connectivity index (χ3v) is 3.60. The molecule has 1 aliphatic rings. The standard InChI is InChI=1S/C13H21NO2/c1-3-10-7-5-6-8-11(10)12(9-14)13(15)16-4-2/h10-12H,3-8H2,1-2H3. The minimum absolute atomic E-state index is 0.211. The molecular formula is C13H21NO2. The molecule has 1 rings (SSSR count). The molecule has 0 aliphatic heterocycles. The van der Waals surface area contributed by atoms with Gasteiger partial charge in [-0.1, -0.05) is 32.6 Å². The van der Waals surface area contributed by atoms with Crippen LogP contribution in [-0.2, 0) is 9.53 Å². The van der Waals surface area contributed by atoms with Gasteiger partial charge in [0.05, 0.1) is 12.7 Å². The van der Waals surface area contributed by atoms with Gasteiger partial charge >= 0.3 is 5.97 Å². The number of hydrogen-bond acceptors (Lipinski definition) is 3. The van der Waals surface area contributed by atoms with Gasteiger partial charge < -0.3 is 4.74 Å². The van der Waals surface area contributed by atoms with E-state index in [1.165, 1.54) is 6.42 Å². The van der Waals surface area contributed by atoms with Gasteiger partial charge in [0.2, 0.25) is 0 Å². The van der Waals surface area contributed by atoms with Gasteiger partial charge in [-0.15, -0.1) is 0 Å². The van der Waals surface area contributed by atoms with E-state index in [2.05, 4.69) is 13.0 Å². The Morgan fingerprint density at radius 1 is 1.44 bits per heavy atom. The summed E-state index contributed by atoms with van der Waals surface area (Å²) in [5.41, 5.74) is 0. The molecule has 3 atom stereocenters. The molecule has 0 aromatic rings. The van der Waals surface area contributed by atoms with Gasteiger partial charge in [-0.3, -0.25) is 4.79 Å². The Balaban J connectivity index is 2.70. The monoisotopic (exact) mass is 223 g/mol. The zero-order valence-corrected chi connectivity index (χ0v) is 10.2. The maximum Gasteiger partial charge on any atom is 0.323 e. The van der Waals surface area contributed by atoms with E-state index in [-0.39, 0.29) is 11.9 Å². The van der Waals surface area contributed by atoms with Gasteiger partial charge in [-0.2, -0.15) is 5.26 Å². The summed E-state index contributed by atoms with van der Waals surface area (Å²) < 4.78 is 4.98. The lowest BCUT2D eigenvalue weighted by molar-refractivity contribution is -0.148. The van der Waals surface area contributed by atoms with Crippen molar-refractivity contribution in [3.05, 3.63) is 0 Å². The second-order valence-corrected chi connectivity index (χ2v) is 4.48. The third-order valence-electron chi connectivity index (χ3n) is 3.60. The molecule has 3 heteroatoms. The highest BCUT2D eigenvalue weighted by Gasteiger charge is 2.35. The third kappa shape index (κ3) is 2.98. The quantitative estimate of drug-likeness (QED) is 0.688. The van der Waals surface area contributed by atoms with Crippen molar-refractivity contribution in [3.8, 4) is 6.07 Å². The van der Waals surface area contributed by atoms with Gasteiger partial charge in [0, 0.05) is 0 Å². The molecule has 0 radical (unpaired) electrons. The van der Waals surface area contributed by atoms with Crippen LogP contribution >= 0.6 is 0 Å². The Morgan fingerprint density at radius 3 is 2.69 bits per heavy atom. The summed E-state index contributed by atoms with van der Waals surface area (Å²) in [4.78, 5) is 11.7. The van der Waals surface area contributed by atoms with Crippen LogP contribution in [0.4, 0.5) is 0 Å². The molecule has 1 fully saturated rings. The van der Waals surface area contributed by atoms with Crippen molar-refractivity contribution in [2.75, 3.05) is 6.61 Å². The first-order chi connectivity index (χ1) is 7.74. The molecule has 3 nitrogen and oxygen atoms in total. The summed E-state index contributed by atoms with van der Waals surface area (Å²) in [6.07, 6.45) is 5.57. The van der Waals surface area contributed by atoms with Crippen LogP contribution < -0.4 is 0 Å². The van der Waals surface area contributed by atoms with Gasteiger partial charge in [0.1, 0.15) is 5.92 Å². The number of ether oxygens (including phenoxy) is 1. The molecule has 1 aliphatic carbocycles. The Hall–Kier alpha value is -1.04. The number of carbonyl (C=O) groups is 1. The molecule has 0 heterocycles. The van der Waals surface area contributed by atoms with Crippen LogP contribution in [0.25, 0.3) is 0 Å². The Bertz CT molecular complexity index is 270. The summed E-state index contributed by atoms with van der Waals surface area (Å²) in [5, 5.41) is 9.14. The van der Waals surface area contributed by atoms with E-state index in [0.717, 1.165) is 25.7 Å². The molecule has 0 amide bonds. The van der Waals surface area contributed by atoms with E-state index in [4.69, 9.17) is 10.00 Å². The fourth-order valence-electron chi connectivity index (χ4n) is 2.74. The molecule has 0 N–H and O–H groups in total. The highest BCUT2D eigenvalue weighted by atomic mass is 16.5. The van der Waals surface area contributed by atoms with E-state index in [1.807, 2.05) is 0 Å². The smallest absolute Gasteiger partial charge is 0.323 e. The van der Waals surface area contributed by atoms with E-state index in [9.17, 15) is 4.79 Å². The summed E-state index contributed by atoms with van der Waals surface area (Å²) in [6, 6.07) is 2.15. The zero-order chi connectivity index (χ0) is 12.0. The van der Waals surface area contributed by atoms with Gasteiger partial charge in [-0.05, 0) is 25.2 Å². The second-order valence-electron chi connectivity index (χ2n) is 4.48. The van der Waals surface area contributed by atoms with Crippen molar-refractivity contribution >= 4 is 5.97 Å². The summed E-state index contributed by atoms with van der Waals surface area (Å²) in [7, 11) is 0. The predicted octanol–water partition coefficient (Wildman–Crippen LogP) is 2.91. The number of nitriles is 1. The topological polar surface area (TPSA) is 50.1 Å². The van der Waals surface area contributed by atoms with E-state index in [0.29, 0.717) is 12.5 Å². The van der Waals surface area contributed by atoms with Crippen LogP contribution in [0.5, 0.6) is 0 Å². The lowest BCUT2D eigenvalue weighted by Crippen LogP contribution is -2.32. The van der Waals surface area contributed by atoms with Crippen molar-refractivity contribution < 1.29 is 9.53 Å². The molecule has 90 valence electrons. The number of carbonyl (C=O) groups excluding carboxylic acids is 1. The molecule has 0 aromatic carbocycles. The van der Waals surface area contributed by atoms with Crippen LogP contribution in [-0.4, -0.2) is 12.6 Å². The molecule has 0 saturated heterocycles. The number of esters is 1. The van der Waals surface area contributed by atoms with E-state index in [1.54, 1.807) is 6.92 Å². The maximum absolute atomic E-state index is 11.7. The first-order valence-corrected chi connectivity index (χ1v) is 6.30. The van der Waals surface area contributed by atoms with E-state index < -0.39 is 5.92 Å². The average molecular weight is 223 g/mol. The van der Waals surface area contributed by atoms with Crippen molar-refractivity contribution in [2.45, 2.75) is 46.0 Å². The Morgan fingerprint density at radius 2 is 2.12 bits per heavy atom. The normalized spacial score (nSPS) is 26.8. The lowest BCUT2D eigenvalue weighted by Gasteiger charge is -2.32. The van der Waals surface area contributed by atoms with Crippen molar-refractivity contribution in [3.63, 3.8) is 0 Å². The minimum atomic E-state index is -0.551. The molecule has 0 bridgehead atoms. The fraction of sp³-hybridized carbons (Fsp3) is 0.846. The molecule has 3 unspecified atom stereocenters. The van der Waals surface area contributed by atoms with Crippen molar-refractivity contribution in [1.82, 2.24) is 0 Å². The van der Waals surface area contributed by atoms with Crippen molar-refractivity contribution in [1.29, 1.82) is 5.26 Å². The van der Waals surface area contributed by atoms with Crippen LogP contribution in [0.2, 0.25) is 0 Å². The number of rotatable bonds is 4. The molecule has 1 saturated carbocycles. The first kappa shape index (κ1) is 13.0. The highest BCUT2D eigenvalue weighted by molar-refractivity contribution is 5.75. The predicted molar refractivity (Wildman–Crippen MR) is 61.5 cm³/mol. The minimum Gasteiger partial charge on any atom is -0.465 e. The largest absolute Gasteiger partial charge is 0.465 e. The second kappa shape index (κ2) is 6.52. The van der Waals surface area contributed by atoms with Crippen LogP contribution in [0.1, 0.15) is 46.0 Å². The van der Waals surface area contributed by atoms with Crippen LogP contribution in [0.15, 0.2) is 0 Å². The summed E-state index contributed by atoms with van der Waals surface area (Å²) in [5.74, 6) is -0.147. The van der Waals surface area contributed by atoms with Gasteiger partial charge in [-0.25, -0.2) is 0 Å². The summed E-state index contributed by atoms with van der Waals surface area (Å²) in [6.45, 7) is 4.29. The molecular weight excluding hydrogens is 202 g/mol. The number of nitrogens with zero attached hydrogens (tertiary/aromatic N) is 1. The average Bonchev–Trinajstić information content (AvgIpc) is 2.31. The highest BCUT2D eigenvalue weighted by Crippen LogP contribution is 2.37. The Kier molecular flexibility index (Phi) is 5.31. The molecule has 16 heavy (non-hydrogen) atoms. The SMILES string of the molecule is CCOC(=O)C(C#N)C1CCCCC1CC. The van der Waals surface area contributed by atoms with Gasteiger partial charge in [0.15, 0.2) is 0 Å². The Labute approximate surface area is 97.8 Å². The molecule has 0 spiro atoms.